The van der Waals surface area contributed by atoms with Gasteiger partial charge in [0.1, 0.15) is 11.5 Å². The van der Waals surface area contributed by atoms with Crippen LogP contribution in [0.2, 0.25) is 0 Å². The number of carbonyl (C=O) groups is 1. The molecule has 1 aromatic rings. The minimum atomic E-state index is -0.909. The van der Waals surface area contributed by atoms with Crippen molar-refractivity contribution in [3.05, 3.63) is 18.1 Å². The lowest BCUT2D eigenvalue weighted by Crippen LogP contribution is -2.28. The van der Waals surface area contributed by atoms with Crippen molar-refractivity contribution in [1.29, 1.82) is 0 Å². The Morgan fingerprint density at radius 2 is 2.24 bits per heavy atom. The summed E-state index contributed by atoms with van der Waals surface area (Å²) in [6, 6.07) is 0. The zero-order valence-corrected chi connectivity index (χ0v) is 10.7. The largest absolute Gasteiger partial charge is 0.369 e. The molecule has 0 bridgehead atoms. The molecule has 94 valence electrons. The smallest absolute Gasteiger partial charge is 0.271 e. The van der Waals surface area contributed by atoms with Crippen molar-refractivity contribution < 1.29 is 9.00 Å². The lowest BCUT2D eigenvalue weighted by molar-refractivity contribution is 0.0951. The third-order valence-corrected chi connectivity index (χ3v) is 2.68. The Kier molecular flexibility index (Phi) is 5.55. The van der Waals surface area contributed by atoms with E-state index in [-0.39, 0.29) is 11.6 Å². The highest BCUT2D eigenvalue weighted by atomic mass is 32.2. The number of rotatable bonds is 6. The molecule has 0 spiro atoms. The van der Waals surface area contributed by atoms with Crippen LogP contribution in [-0.4, -0.2) is 45.2 Å². The molecule has 2 N–H and O–H groups in total. The van der Waals surface area contributed by atoms with Crippen molar-refractivity contribution in [2.45, 2.75) is 6.92 Å². The van der Waals surface area contributed by atoms with Gasteiger partial charge in [-0.1, -0.05) is 0 Å². The Balaban J connectivity index is 2.56. The number of nitrogens with one attached hydrogen (secondary N) is 2. The molecule has 0 aliphatic rings. The number of hydrogen-bond acceptors (Lipinski definition) is 5. The van der Waals surface area contributed by atoms with E-state index in [0.717, 1.165) is 0 Å². The minimum absolute atomic E-state index is 0.255. The molecule has 1 aromatic heterocycles. The average Bonchev–Trinajstić information content (AvgIpc) is 2.29. The Labute approximate surface area is 103 Å². The molecule has 0 aromatic carbocycles. The fourth-order valence-corrected chi connectivity index (χ4v) is 1.53. The Morgan fingerprint density at radius 1 is 1.47 bits per heavy atom. The van der Waals surface area contributed by atoms with Crippen LogP contribution in [0.3, 0.4) is 0 Å². The predicted octanol–water partition coefficient (Wildman–Crippen LogP) is 0.0167. The summed E-state index contributed by atoms with van der Waals surface area (Å²) in [5.74, 6) is 0.702. The fraction of sp³-hybridized carbons (Fsp3) is 0.500. The van der Waals surface area contributed by atoms with Crippen LogP contribution < -0.4 is 10.6 Å². The molecule has 6 nitrogen and oxygen atoms in total. The Morgan fingerprint density at radius 3 is 2.88 bits per heavy atom. The molecule has 0 aliphatic heterocycles. The lowest BCUT2D eigenvalue weighted by Gasteiger charge is -2.05. The summed E-state index contributed by atoms with van der Waals surface area (Å²) in [4.78, 5) is 19.7. The predicted molar refractivity (Wildman–Crippen MR) is 67.5 cm³/mol. The molecular formula is C10H16N4O2S. The monoisotopic (exact) mass is 256 g/mol. The van der Waals surface area contributed by atoms with Gasteiger partial charge in [0.25, 0.3) is 5.91 Å². The molecular weight excluding hydrogens is 240 g/mol. The van der Waals surface area contributed by atoms with E-state index in [0.29, 0.717) is 24.7 Å². The van der Waals surface area contributed by atoms with Crippen molar-refractivity contribution in [1.82, 2.24) is 15.3 Å². The normalized spacial score (nSPS) is 11.9. The van der Waals surface area contributed by atoms with Crippen LogP contribution in [0.1, 0.15) is 17.4 Å². The molecule has 1 rings (SSSR count). The van der Waals surface area contributed by atoms with Gasteiger partial charge in [0.2, 0.25) is 0 Å². The van der Waals surface area contributed by atoms with E-state index in [2.05, 4.69) is 20.6 Å². The first kappa shape index (κ1) is 13.6. The van der Waals surface area contributed by atoms with Crippen molar-refractivity contribution in [3.63, 3.8) is 0 Å². The summed E-state index contributed by atoms with van der Waals surface area (Å²) in [7, 11) is -0.909. The van der Waals surface area contributed by atoms with Gasteiger partial charge in [0, 0.05) is 35.9 Å². The second kappa shape index (κ2) is 6.95. The number of amides is 1. The highest BCUT2D eigenvalue weighted by molar-refractivity contribution is 7.84. The Hall–Kier alpha value is -1.50. The summed E-state index contributed by atoms with van der Waals surface area (Å²) >= 11 is 0. The van der Waals surface area contributed by atoms with Crippen molar-refractivity contribution >= 4 is 22.5 Å². The number of aromatic nitrogens is 2. The molecule has 17 heavy (non-hydrogen) atoms. The highest BCUT2D eigenvalue weighted by Gasteiger charge is 2.08. The van der Waals surface area contributed by atoms with E-state index < -0.39 is 10.8 Å². The van der Waals surface area contributed by atoms with Gasteiger partial charge >= 0.3 is 0 Å². The standard InChI is InChI=1S/C10H16N4O2S/c1-3-12-9-7-11-6-8(14-9)10(15)13-4-5-17(2)16/h6-7H,3-5H2,1-2H3,(H,12,14)(H,13,15). The van der Waals surface area contributed by atoms with Crippen LogP contribution in [0.4, 0.5) is 5.82 Å². The van der Waals surface area contributed by atoms with Gasteiger partial charge in [-0.15, -0.1) is 0 Å². The maximum absolute atomic E-state index is 11.6. The van der Waals surface area contributed by atoms with Gasteiger partial charge in [-0.05, 0) is 6.92 Å². The van der Waals surface area contributed by atoms with Crippen LogP contribution in [0.5, 0.6) is 0 Å². The fourth-order valence-electron chi connectivity index (χ4n) is 1.14. The van der Waals surface area contributed by atoms with Gasteiger partial charge in [-0.2, -0.15) is 0 Å². The molecule has 1 unspecified atom stereocenters. The maximum atomic E-state index is 11.6. The van der Waals surface area contributed by atoms with Crippen LogP contribution in [-0.2, 0) is 10.8 Å². The summed E-state index contributed by atoms with van der Waals surface area (Å²) in [6.45, 7) is 3.02. The molecule has 1 heterocycles. The van der Waals surface area contributed by atoms with E-state index in [1.54, 1.807) is 12.5 Å². The summed E-state index contributed by atoms with van der Waals surface area (Å²) in [6.07, 6.45) is 4.55. The summed E-state index contributed by atoms with van der Waals surface area (Å²) in [5.41, 5.74) is 0.255. The van der Waals surface area contributed by atoms with E-state index in [1.807, 2.05) is 6.92 Å². The second-order valence-corrected chi connectivity index (χ2v) is 4.91. The van der Waals surface area contributed by atoms with E-state index in [4.69, 9.17) is 0 Å². The molecule has 7 heteroatoms. The zero-order chi connectivity index (χ0) is 12.7. The van der Waals surface area contributed by atoms with Gasteiger partial charge in [-0.25, -0.2) is 4.98 Å². The summed E-state index contributed by atoms with van der Waals surface area (Å²) < 4.78 is 10.8. The van der Waals surface area contributed by atoms with Gasteiger partial charge in [0.15, 0.2) is 0 Å². The van der Waals surface area contributed by atoms with Gasteiger partial charge < -0.3 is 10.6 Å². The molecule has 0 aliphatic carbocycles. The molecule has 0 saturated carbocycles. The first-order valence-corrected chi connectivity index (χ1v) is 7.00. The third kappa shape index (κ3) is 4.90. The zero-order valence-electron chi connectivity index (χ0n) is 9.90. The van der Waals surface area contributed by atoms with Crippen molar-refractivity contribution in [2.75, 3.05) is 30.4 Å². The van der Waals surface area contributed by atoms with Crippen LogP contribution in [0.15, 0.2) is 12.4 Å². The van der Waals surface area contributed by atoms with Gasteiger partial charge in [-0.3, -0.25) is 14.0 Å². The Bertz CT molecular complexity index is 411. The molecule has 0 radical (unpaired) electrons. The van der Waals surface area contributed by atoms with E-state index in [1.165, 1.54) is 6.20 Å². The quantitative estimate of drug-likeness (QED) is 0.749. The first-order valence-electron chi connectivity index (χ1n) is 5.27. The lowest BCUT2D eigenvalue weighted by atomic mass is 10.4. The third-order valence-electron chi connectivity index (χ3n) is 1.90. The molecule has 1 atom stereocenters. The molecule has 0 fully saturated rings. The van der Waals surface area contributed by atoms with Crippen molar-refractivity contribution in [3.8, 4) is 0 Å². The van der Waals surface area contributed by atoms with Crippen LogP contribution in [0.25, 0.3) is 0 Å². The second-order valence-electron chi connectivity index (χ2n) is 3.35. The van der Waals surface area contributed by atoms with Crippen LogP contribution >= 0.6 is 0 Å². The summed E-state index contributed by atoms with van der Waals surface area (Å²) in [5, 5.41) is 5.61. The number of hydrogen-bond donors (Lipinski definition) is 2. The SMILES string of the molecule is CCNc1cncc(C(=O)NCCS(C)=O)n1. The number of carbonyl (C=O) groups excluding carboxylic acids is 1. The first-order chi connectivity index (χ1) is 8.13. The van der Waals surface area contributed by atoms with Crippen LogP contribution in [0, 0.1) is 0 Å². The van der Waals surface area contributed by atoms with Gasteiger partial charge in [0.05, 0.1) is 12.4 Å². The van der Waals surface area contributed by atoms with E-state index >= 15 is 0 Å². The molecule has 0 saturated heterocycles. The molecule has 1 amide bonds. The number of nitrogens with zero attached hydrogens (tertiary/aromatic N) is 2. The number of anilines is 1. The highest BCUT2D eigenvalue weighted by Crippen LogP contribution is 2.01. The minimum Gasteiger partial charge on any atom is -0.369 e. The van der Waals surface area contributed by atoms with E-state index in [9.17, 15) is 9.00 Å². The van der Waals surface area contributed by atoms with Crippen molar-refractivity contribution in [2.24, 2.45) is 0 Å². The topological polar surface area (TPSA) is 84.0 Å². The maximum Gasteiger partial charge on any atom is 0.271 e. The average molecular weight is 256 g/mol.